The molecule has 2 aromatic carbocycles. The number of hydrogen-bond donors (Lipinski definition) is 1. The van der Waals surface area contributed by atoms with Crippen LogP contribution in [-0.2, 0) is 24.4 Å². The average Bonchev–Trinajstić information content (AvgIpc) is 3.00. The van der Waals surface area contributed by atoms with Crippen LogP contribution in [0.1, 0.15) is 25.0 Å². The highest BCUT2D eigenvalue weighted by atomic mass is 16.4. The van der Waals surface area contributed by atoms with Crippen LogP contribution >= 0.6 is 0 Å². The molecule has 0 radical (unpaired) electrons. The van der Waals surface area contributed by atoms with Crippen molar-refractivity contribution in [2.75, 3.05) is 13.1 Å². The van der Waals surface area contributed by atoms with Crippen LogP contribution in [0.25, 0.3) is 11.1 Å². The molecule has 142 valence electrons. The topological polar surface area (TPSA) is 67.5 Å². The second-order valence-corrected chi connectivity index (χ2v) is 6.48. The van der Waals surface area contributed by atoms with E-state index in [2.05, 4.69) is 36.2 Å². The van der Waals surface area contributed by atoms with Gasteiger partial charge in [-0.2, -0.15) is 0 Å². The molecule has 0 aliphatic carbocycles. The Hall–Kier alpha value is -2.86. The number of hydrogen-bond acceptors (Lipinski definition) is 4. The SMILES string of the molecule is CCN(CC)Cc1ccc(CNC(=O)Cn2c(=O)oc3ccccc32)cc1. The predicted octanol–water partition coefficient (Wildman–Crippen LogP) is 2.75. The van der Waals surface area contributed by atoms with Crippen molar-refractivity contribution in [1.82, 2.24) is 14.8 Å². The lowest BCUT2D eigenvalue weighted by Crippen LogP contribution is -2.30. The monoisotopic (exact) mass is 367 g/mol. The molecule has 0 spiro atoms. The summed E-state index contributed by atoms with van der Waals surface area (Å²) in [4.78, 5) is 26.5. The molecule has 0 fully saturated rings. The second kappa shape index (κ2) is 8.68. The van der Waals surface area contributed by atoms with Gasteiger partial charge < -0.3 is 9.73 Å². The molecule has 0 saturated heterocycles. The molecule has 6 nitrogen and oxygen atoms in total. The Morgan fingerprint density at radius 1 is 1.04 bits per heavy atom. The maximum Gasteiger partial charge on any atom is 0.420 e. The first-order chi connectivity index (χ1) is 13.1. The highest BCUT2D eigenvalue weighted by Crippen LogP contribution is 2.11. The van der Waals surface area contributed by atoms with Crippen molar-refractivity contribution in [2.45, 2.75) is 33.5 Å². The maximum absolute atomic E-state index is 12.3. The fraction of sp³-hybridized carbons (Fsp3) is 0.333. The number of nitrogens with one attached hydrogen (secondary N) is 1. The number of fused-ring (bicyclic) bond motifs is 1. The Labute approximate surface area is 158 Å². The summed E-state index contributed by atoms with van der Waals surface area (Å²) in [5, 5.41) is 2.86. The molecule has 0 bridgehead atoms. The summed E-state index contributed by atoms with van der Waals surface area (Å²) >= 11 is 0. The van der Waals surface area contributed by atoms with Crippen molar-refractivity contribution in [2.24, 2.45) is 0 Å². The van der Waals surface area contributed by atoms with Gasteiger partial charge in [0.05, 0.1) is 5.52 Å². The first kappa shape index (κ1) is 18.9. The van der Waals surface area contributed by atoms with E-state index in [1.807, 2.05) is 18.2 Å². The third-order valence-electron chi connectivity index (χ3n) is 4.69. The number of carbonyl (C=O) groups is 1. The lowest BCUT2D eigenvalue weighted by molar-refractivity contribution is -0.121. The first-order valence-electron chi connectivity index (χ1n) is 9.26. The number of amides is 1. The predicted molar refractivity (Wildman–Crippen MR) is 105 cm³/mol. The summed E-state index contributed by atoms with van der Waals surface area (Å²) in [6, 6.07) is 15.3. The summed E-state index contributed by atoms with van der Waals surface area (Å²) in [6.07, 6.45) is 0. The van der Waals surface area contributed by atoms with Gasteiger partial charge in [0.2, 0.25) is 5.91 Å². The Kier molecular flexibility index (Phi) is 6.08. The van der Waals surface area contributed by atoms with E-state index in [4.69, 9.17) is 4.42 Å². The van der Waals surface area contributed by atoms with E-state index in [1.165, 1.54) is 10.1 Å². The van der Waals surface area contributed by atoms with Gasteiger partial charge in [-0.1, -0.05) is 50.2 Å². The van der Waals surface area contributed by atoms with Crippen LogP contribution in [0.4, 0.5) is 0 Å². The van der Waals surface area contributed by atoms with Crippen LogP contribution < -0.4 is 11.1 Å². The minimum atomic E-state index is -0.521. The van der Waals surface area contributed by atoms with Gasteiger partial charge in [0, 0.05) is 13.1 Å². The van der Waals surface area contributed by atoms with Crippen LogP contribution in [0, 0.1) is 0 Å². The molecule has 0 saturated carbocycles. The quantitative estimate of drug-likeness (QED) is 0.665. The van der Waals surface area contributed by atoms with E-state index in [1.54, 1.807) is 18.2 Å². The van der Waals surface area contributed by atoms with Crippen molar-refractivity contribution >= 4 is 17.0 Å². The molecule has 0 atom stereocenters. The van der Waals surface area contributed by atoms with Gasteiger partial charge in [0.15, 0.2) is 5.58 Å². The van der Waals surface area contributed by atoms with Crippen LogP contribution in [0.2, 0.25) is 0 Å². The third-order valence-corrected chi connectivity index (χ3v) is 4.69. The van der Waals surface area contributed by atoms with E-state index >= 15 is 0 Å². The van der Waals surface area contributed by atoms with Crippen molar-refractivity contribution in [3.63, 3.8) is 0 Å². The molecule has 0 unspecified atom stereocenters. The number of para-hydroxylation sites is 2. The van der Waals surface area contributed by atoms with Gasteiger partial charge in [0.25, 0.3) is 0 Å². The zero-order chi connectivity index (χ0) is 19.2. The minimum absolute atomic E-state index is 0.0596. The molecule has 6 heteroatoms. The van der Waals surface area contributed by atoms with Crippen molar-refractivity contribution in [3.05, 3.63) is 70.2 Å². The number of benzene rings is 2. The first-order valence-corrected chi connectivity index (χ1v) is 9.26. The summed E-state index contributed by atoms with van der Waals surface area (Å²) in [6.45, 7) is 7.65. The standard InChI is InChI=1S/C21H25N3O3/c1-3-23(4-2)14-17-11-9-16(10-12-17)13-22-20(25)15-24-18-7-5-6-8-19(18)27-21(24)26/h5-12H,3-4,13-15H2,1-2H3,(H,22,25). The molecule has 1 N–H and O–H groups in total. The van der Waals surface area contributed by atoms with Gasteiger partial charge in [-0.25, -0.2) is 4.79 Å². The Bertz CT molecular complexity index is 953. The minimum Gasteiger partial charge on any atom is -0.408 e. The summed E-state index contributed by atoms with van der Waals surface area (Å²) in [5.41, 5.74) is 3.39. The van der Waals surface area contributed by atoms with Crippen LogP contribution in [0.15, 0.2) is 57.7 Å². The van der Waals surface area contributed by atoms with E-state index in [0.29, 0.717) is 17.6 Å². The fourth-order valence-corrected chi connectivity index (χ4v) is 3.03. The van der Waals surface area contributed by atoms with Gasteiger partial charge in [-0.3, -0.25) is 14.3 Å². The van der Waals surface area contributed by atoms with Crippen LogP contribution in [0.3, 0.4) is 0 Å². The van der Waals surface area contributed by atoms with Crippen molar-refractivity contribution in [1.29, 1.82) is 0 Å². The number of nitrogens with zero attached hydrogens (tertiary/aromatic N) is 2. The molecule has 0 aliphatic rings. The summed E-state index contributed by atoms with van der Waals surface area (Å²) in [5.74, 6) is -0.747. The van der Waals surface area contributed by atoms with Crippen LogP contribution in [0.5, 0.6) is 0 Å². The molecule has 0 aliphatic heterocycles. The van der Waals surface area contributed by atoms with Crippen molar-refractivity contribution < 1.29 is 9.21 Å². The lowest BCUT2D eigenvalue weighted by atomic mass is 10.1. The molecule has 27 heavy (non-hydrogen) atoms. The average molecular weight is 367 g/mol. The normalized spacial score (nSPS) is 11.2. The van der Waals surface area contributed by atoms with Gasteiger partial charge in [-0.15, -0.1) is 0 Å². The molecule has 1 aromatic heterocycles. The van der Waals surface area contributed by atoms with Crippen molar-refractivity contribution in [3.8, 4) is 0 Å². The fourth-order valence-electron chi connectivity index (χ4n) is 3.03. The zero-order valence-electron chi connectivity index (χ0n) is 15.8. The maximum atomic E-state index is 12.3. The number of carbonyl (C=O) groups excluding carboxylic acids is 1. The Morgan fingerprint density at radius 3 is 2.41 bits per heavy atom. The number of oxazole rings is 1. The van der Waals surface area contributed by atoms with E-state index in [-0.39, 0.29) is 12.5 Å². The molecule has 1 amide bonds. The third kappa shape index (κ3) is 4.65. The smallest absolute Gasteiger partial charge is 0.408 e. The van der Waals surface area contributed by atoms with E-state index < -0.39 is 5.76 Å². The molecular formula is C21H25N3O3. The molecular weight excluding hydrogens is 342 g/mol. The van der Waals surface area contributed by atoms with E-state index in [9.17, 15) is 9.59 Å². The number of aromatic nitrogens is 1. The zero-order valence-corrected chi connectivity index (χ0v) is 15.8. The Balaban J connectivity index is 1.57. The highest BCUT2D eigenvalue weighted by Gasteiger charge is 2.12. The molecule has 3 rings (SSSR count). The molecule has 1 heterocycles. The summed E-state index contributed by atoms with van der Waals surface area (Å²) < 4.78 is 6.49. The van der Waals surface area contributed by atoms with Crippen LogP contribution in [-0.4, -0.2) is 28.5 Å². The van der Waals surface area contributed by atoms with Gasteiger partial charge in [-0.05, 0) is 36.3 Å². The number of rotatable bonds is 8. The molecule has 3 aromatic rings. The largest absolute Gasteiger partial charge is 0.420 e. The summed E-state index contributed by atoms with van der Waals surface area (Å²) in [7, 11) is 0. The van der Waals surface area contributed by atoms with Gasteiger partial charge >= 0.3 is 5.76 Å². The van der Waals surface area contributed by atoms with E-state index in [0.717, 1.165) is 25.2 Å². The lowest BCUT2D eigenvalue weighted by Gasteiger charge is -2.18. The highest BCUT2D eigenvalue weighted by molar-refractivity contribution is 5.79. The second-order valence-electron chi connectivity index (χ2n) is 6.48. The Morgan fingerprint density at radius 2 is 1.70 bits per heavy atom. The van der Waals surface area contributed by atoms with Gasteiger partial charge in [0.1, 0.15) is 6.54 Å².